The van der Waals surface area contributed by atoms with Crippen LogP contribution in [0.1, 0.15) is 37.9 Å². The van der Waals surface area contributed by atoms with Crippen LogP contribution in [0.3, 0.4) is 0 Å². The smallest absolute Gasteiger partial charge is 0.245 e. The maximum absolute atomic E-state index is 13.6. The third-order valence-corrected chi connectivity index (χ3v) is 7.35. The molecular formula is C22H30N4O5. The lowest BCUT2D eigenvalue weighted by atomic mass is 9.71. The van der Waals surface area contributed by atoms with Crippen molar-refractivity contribution in [3.8, 4) is 0 Å². The van der Waals surface area contributed by atoms with Crippen LogP contribution >= 0.6 is 0 Å². The SMILES string of the molecule is O=C(CCc1ccno1)N1C[C@H]2C[C@@H](C1)[C@H](C(=O)N1CCOCC1)N1C(=O)CCC[C@@H]21. The number of morpholine rings is 1. The zero-order chi connectivity index (χ0) is 21.4. The van der Waals surface area contributed by atoms with Gasteiger partial charge in [-0.15, -0.1) is 0 Å². The predicted molar refractivity (Wildman–Crippen MR) is 109 cm³/mol. The molecule has 9 nitrogen and oxygen atoms in total. The number of carbonyl (C=O) groups excluding carboxylic acids is 3. The molecule has 0 saturated carbocycles. The van der Waals surface area contributed by atoms with Gasteiger partial charge in [0.05, 0.1) is 19.4 Å². The van der Waals surface area contributed by atoms with E-state index < -0.39 is 6.04 Å². The maximum atomic E-state index is 13.6. The summed E-state index contributed by atoms with van der Waals surface area (Å²) in [6.45, 7) is 3.41. The molecule has 1 aromatic rings. The number of rotatable bonds is 4. The number of hydrogen-bond acceptors (Lipinski definition) is 6. The number of ether oxygens (including phenoxy) is 1. The number of fused-ring (bicyclic) bond motifs is 4. The minimum absolute atomic E-state index is 0.0124. The van der Waals surface area contributed by atoms with E-state index in [2.05, 4.69) is 5.16 Å². The van der Waals surface area contributed by atoms with E-state index in [0.29, 0.717) is 64.4 Å². The van der Waals surface area contributed by atoms with Gasteiger partial charge in [0.2, 0.25) is 17.7 Å². The van der Waals surface area contributed by atoms with Crippen LogP contribution in [0.15, 0.2) is 16.8 Å². The lowest BCUT2D eigenvalue weighted by Crippen LogP contribution is -2.69. The molecule has 4 aliphatic rings. The summed E-state index contributed by atoms with van der Waals surface area (Å²) in [5.41, 5.74) is 0. The van der Waals surface area contributed by atoms with E-state index in [1.807, 2.05) is 14.7 Å². The molecule has 31 heavy (non-hydrogen) atoms. The van der Waals surface area contributed by atoms with Crippen molar-refractivity contribution in [3.05, 3.63) is 18.0 Å². The van der Waals surface area contributed by atoms with Crippen molar-refractivity contribution in [3.63, 3.8) is 0 Å². The number of aromatic nitrogens is 1. The minimum atomic E-state index is -0.461. The molecule has 3 amide bonds. The van der Waals surface area contributed by atoms with Crippen molar-refractivity contribution in [2.24, 2.45) is 11.8 Å². The number of carbonyl (C=O) groups is 3. The molecule has 0 aliphatic carbocycles. The average molecular weight is 431 g/mol. The first-order valence-electron chi connectivity index (χ1n) is 11.5. The first kappa shape index (κ1) is 20.5. The van der Waals surface area contributed by atoms with Crippen LogP contribution in [-0.4, -0.2) is 89.1 Å². The summed E-state index contributed by atoms with van der Waals surface area (Å²) < 4.78 is 10.5. The van der Waals surface area contributed by atoms with Crippen molar-refractivity contribution in [2.75, 3.05) is 39.4 Å². The number of nitrogens with zero attached hydrogens (tertiary/aromatic N) is 4. The second-order valence-electron chi connectivity index (χ2n) is 9.18. The molecule has 0 radical (unpaired) electrons. The second-order valence-corrected chi connectivity index (χ2v) is 9.18. The fourth-order valence-corrected chi connectivity index (χ4v) is 5.91. The summed E-state index contributed by atoms with van der Waals surface area (Å²) in [5.74, 6) is 1.15. The number of piperidine rings is 3. The van der Waals surface area contributed by atoms with Crippen LogP contribution in [0.5, 0.6) is 0 Å². The number of likely N-dealkylation sites (tertiary alicyclic amines) is 1. The fourth-order valence-electron chi connectivity index (χ4n) is 5.91. The van der Waals surface area contributed by atoms with Gasteiger partial charge in [-0.2, -0.15) is 0 Å². The average Bonchev–Trinajstić information content (AvgIpc) is 3.32. The largest absolute Gasteiger partial charge is 0.378 e. The maximum Gasteiger partial charge on any atom is 0.245 e. The molecule has 168 valence electrons. The summed E-state index contributed by atoms with van der Waals surface area (Å²) in [6, 6.07) is 1.37. The Kier molecular flexibility index (Phi) is 5.69. The highest BCUT2D eigenvalue weighted by Gasteiger charge is 2.53. The molecule has 4 saturated heterocycles. The Hall–Kier alpha value is -2.42. The molecule has 5 heterocycles. The van der Waals surface area contributed by atoms with Crippen LogP contribution < -0.4 is 0 Å². The van der Waals surface area contributed by atoms with Gasteiger partial charge >= 0.3 is 0 Å². The molecule has 0 aromatic carbocycles. The molecule has 5 rings (SSSR count). The summed E-state index contributed by atoms with van der Waals surface area (Å²) >= 11 is 0. The fraction of sp³-hybridized carbons (Fsp3) is 0.727. The predicted octanol–water partition coefficient (Wildman–Crippen LogP) is 0.694. The molecule has 4 aliphatic heterocycles. The second kappa shape index (κ2) is 8.61. The lowest BCUT2D eigenvalue weighted by Gasteiger charge is -2.56. The lowest BCUT2D eigenvalue weighted by molar-refractivity contribution is -0.169. The first-order chi connectivity index (χ1) is 15.1. The number of aryl methyl sites for hydroxylation is 1. The normalized spacial score (nSPS) is 30.8. The van der Waals surface area contributed by atoms with Crippen LogP contribution in [0.4, 0.5) is 0 Å². The molecule has 0 spiro atoms. The van der Waals surface area contributed by atoms with Crippen LogP contribution in [-0.2, 0) is 25.5 Å². The summed E-state index contributed by atoms with van der Waals surface area (Å²) in [6.07, 6.45) is 5.67. The van der Waals surface area contributed by atoms with E-state index in [1.165, 1.54) is 0 Å². The van der Waals surface area contributed by atoms with E-state index >= 15 is 0 Å². The molecule has 9 heteroatoms. The van der Waals surface area contributed by atoms with E-state index in [0.717, 1.165) is 19.3 Å². The first-order valence-corrected chi connectivity index (χ1v) is 11.5. The quantitative estimate of drug-likeness (QED) is 0.698. The van der Waals surface area contributed by atoms with Crippen molar-refractivity contribution < 1.29 is 23.6 Å². The van der Waals surface area contributed by atoms with E-state index in [1.54, 1.807) is 12.3 Å². The highest BCUT2D eigenvalue weighted by Crippen LogP contribution is 2.42. The molecule has 2 bridgehead atoms. The van der Waals surface area contributed by atoms with Gasteiger partial charge in [0.25, 0.3) is 0 Å². The van der Waals surface area contributed by atoms with Crippen LogP contribution in [0.2, 0.25) is 0 Å². The summed E-state index contributed by atoms with van der Waals surface area (Å²) in [7, 11) is 0. The summed E-state index contributed by atoms with van der Waals surface area (Å²) in [5, 5.41) is 3.70. The number of amides is 3. The van der Waals surface area contributed by atoms with E-state index in [4.69, 9.17) is 9.26 Å². The zero-order valence-corrected chi connectivity index (χ0v) is 17.8. The van der Waals surface area contributed by atoms with Gasteiger partial charge < -0.3 is 24.0 Å². The van der Waals surface area contributed by atoms with E-state index in [-0.39, 0.29) is 35.6 Å². The Balaban J connectivity index is 1.35. The van der Waals surface area contributed by atoms with E-state index in [9.17, 15) is 14.4 Å². The third-order valence-electron chi connectivity index (χ3n) is 7.35. The Labute approximate surface area is 181 Å². The Morgan fingerprint density at radius 2 is 1.94 bits per heavy atom. The molecule has 0 N–H and O–H groups in total. The number of hydrogen-bond donors (Lipinski definition) is 0. The molecular weight excluding hydrogens is 400 g/mol. The van der Waals surface area contributed by atoms with Crippen molar-refractivity contribution in [1.29, 1.82) is 0 Å². The zero-order valence-electron chi connectivity index (χ0n) is 17.8. The van der Waals surface area contributed by atoms with Gasteiger partial charge in [0.15, 0.2) is 0 Å². The van der Waals surface area contributed by atoms with Crippen LogP contribution in [0, 0.1) is 11.8 Å². The van der Waals surface area contributed by atoms with Crippen molar-refractivity contribution in [1.82, 2.24) is 19.9 Å². The van der Waals surface area contributed by atoms with Gasteiger partial charge in [0.1, 0.15) is 11.8 Å². The molecule has 4 fully saturated rings. The van der Waals surface area contributed by atoms with Crippen molar-refractivity contribution in [2.45, 2.75) is 50.6 Å². The Bertz CT molecular complexity index is 822. The van der Waals surface area contributed by atoms with Gasteiger partial charge in [-0.3, -0.25) is 14.4 Å². The van der Waals surface area contributed by atoms with Gasteiger partial charge in [-0.1, -0.05) is 5.16 Å². The monoisotopic (exact) mass is 430 g/mol. The highest BCUT2D eigenvalue weighted by atomic mass is 16.5. The topological polar surface area (TPSA) is 96.2 Å². The Morgan fingerprint density at radius 3 is 2.71 bits per heavy atom. The molecule has 1 aromatic heterocycles. The summed E-state index contributed by atoms with van der Waals surface area (Å²) in [4.78, 5) is 45.2. The van der Waals surface area contributed by atoms with Gasteiger partial charge in [0, 0.05) is 63.5 Å². The molecule has 0 unspecified atom stereocenters. The highest BCUT2D eigenvalue weighted by molar-refractivity contribution is 5.89. The van der Waals surface area contributed by atoms with Gasteiger partial charge in [-0.25, -0.2) is 0 Å². The third kappa shape index (κ3) is 3.95. The molecule has 4 atom stereocenters. The van der Waals surface area contributed by atoms with Gasteiger partial charge in [-0.05, 0) is 25.2 Å². The van der Waals surface area contributed by atoms with Crippen LogP contribution in [0.25, 0.3) is 0 Å². The van der Waals surface area contributed by atoms with Crippen molar-refractivity contribution >= 4 is 17.7 Å². The Morgan fingerprint density at radius 1 is 1.13 bits per heavy atom. The minimum Gasteiger partial charge on any atom is -0.378 e. The standard InChI is InChI=1S/C22H30N4O5/c27-19(5-4-17-6-7-23-31-17)25-13-15-12-16(14-25)21(22(29)24-8-10-30-11-9-24)26-18(15)2-1-3-20(26)28/h6-7,15-16,18,21H,1-5,8-14H2/t15-,16+,18+,21-/m1/s1.